The van der Waals surface area contributed by atoms with Crippen LogP contribution in [0.25, 0.3) is 16.0 Å². The molecule has 4 amide bonds. The van der Waals surface area contributed by atoms with Gasteiger partial charge in [0.1, 0.15) is 18.4 Å². The van der Waals surface area contributed by atoms with Crippen LogP contribution in [0.3, 0.4) is 0 Å². The van der Waals surface area contributed by atoms with Crippen LogP contribution in [-0.4, -0.2) is 139 Å². The monoisotopic (exact) mass is 1120 g/mol. The summed E-state index contributed by atoms with van der Waals surface area (Å²) in [5, 5.41) is 4.94. The van der Waals surface area contributed by atoms with E-state index < -0.39 is 62.5 Å². The van der Waals surface area contributed by atoms with Gasteiger partial charge >= 0.3 is 18.1 Å². The van der Waals surface area contributed by atoms with Crippen LogP contribution in [-0.2, 0) is 44.3 Å². The van der Waals surface area contributed by atoms with Crippen molar-refractivity contribution in [1.29, 1.82) is 0 Å². The van der Waals surface area contributed by atoms with Gasteiger partial charge in [-0.3, -0.25) is 44.0 Å². The Morgan fingerprint density at radius 3 is 2.30 bits per heavy atom. The molecule has 0 radical (unpaired) electrons. The second kappa shape index (κ2) is 29.5. The highest BCUT2D eigenvalue weighted by molar-refractivity contribution is 8.77. The van der Waals surface area contributed by atoms with Crippen LogP contribution in [0, 0.1) is 12.5 Å². The van der Waals surface area contributed by atoms with Gasteiger partial charge in [-0.25, -0.2) is 26.0 Å². The van der Waals surface area contributed by atoms with Crippen LogP contribution < -0.4 is 21.1 Å². The molecule has 3 heterocycles. The summed E-state index contributed by atoms with van der Waals surface area (Å²) in [6.45, 7) is 25.2. The molecule has 1 saturated heterocycles. The van der Waals surface area contributed by atoms with E-state index in [9.17, 15) is 46.7 Å². The van der Waals surface area contributed by atoms with Gasteiger partial charge in [0.05, 0.1) is 31.6 Å². The van der Waals surface area contributed by atoms with Crippen LogP contribution in [0.2, 0.25) is 0 Å². The zero-order chi connectivity index (χ0) is 56.5. The second-order valence-corrected chi connectivity index (χ2v) is 24.0. The molecule has 1 aromatic carbocycles. The lowest BCUT2D eigenvalue weighted by molar-refractivity contribution is -0.170. The number of esters is 1. The maximum absolute atomic E-state index is 13.9. The first-order valence-electron chi connectivity index (χ1n) is 25.1. The number of aromatic amines is 1. The number of hydrogen-bond donors (Lipinski definition) is 3. The summed E-state index contributed by atoms with van der Waals surface area (Å²) in [5.74, 6) is -4.40. The third-order valence-corrected chi connectivity index (χ3v) is 17.6. The number of nitrogens with one attached hydrogen (secondary N) is 3. The average Bonchev–Trinajstić information content (AvgIpc) is 3.78. The van der Waals surface area contributed by atoms with Gasteiger partial charge in [-0.15, -0.1) is 0 Å². The van der Waals surface area contributed by atoms with E-state index >= 15 is 0 Å². The van der Waals surface area contributed by atoms with Gasteiger partial charge in [-0.2, -0.15) is 18.2 Å². The maximum atomic E-state index is 13.9. The molecule has 1 unspecified atom stereocenters. The Morgan fingerprint density at radius 1 is 1.01 bits per heavy atom. The third kappa shape index (κ3) is 19.0. The first-order valence-corrected chi connectivity index (χ1v) is 28.5. The Morgan fingerprint density at radius 2 is 1.70 bits per heavy atom. The van der Waals surface area contributed by atoms with E-state index in [2.05, 4.69) is 88.6 Å². The quantitative estimate of drug-likeness (QED) is 0.0194. The molecular weight excluding hydrogens is 1050 g/mol. The van der Waals surface area contributed by atoms with E-state index in [-0.39, 0.29) is 107 Å². The number of halogens is 3. The van der Waals surface area contributed by atoms with E-state index in [1.165, 1.54) is 0 Å². The summed E-state index contributed by atoms with van der Waals surface area (Å²) in [5.41, 5.74) is -2.01. The summed E-state index contributed by atoms with van der Waals surface area (Å²) in [6.07, 6.45) is -1.35. The van der Waals surface area contributed by atoms with Crippen LogP contribution in [0.5, 0.6) is 0 Å². The molecule has 1 aliphatic heterocycles. The molecule has 4 rings (SSSR count). The molecule has 0 spiro atoms. The van der Waals surface area contributed by atoms with Crippen molar-refractivity contribution in [3.8, 4) is 0 Å². The number of H-pyrrole nitrogens is 1. The second-order valence-electron chi connectivity index (χ2n) is 19.5. The molecule has 2 aromatic heterocycles. The number of carbonyl (C=O) groups is 6. The number of carbonyl (C=O) groups excluding carboxylic acids is 6. The highest BCUT2D eigenvalue weighted by atomic mass is 33.1. The molecule has 20 nitrogen and oxygen atoms in total. The Balaban J connectivity index is 1.26. The Bertz CT molecular complexity index is 2580. The fourth-order valence-corrected chi connectivity index (χ4v) is 12.3. The fourth-order valence-electron chi connectivity index (χ4n) is 7.98. The van der Waals surface area contributed by atoms with Crippen LogP contribution in [0.1, 0.15) is 130 Å². The van der Waals surface area contributed by atoms with Crippen molar-refractivity contribution in [2.45, 2.75) is 161 Å². The predicted octanol–water partition coefficient (Wildman–Crippen LogP) is 8.42. The number of fused-ring (bicyclic) bond motifs is 1. The molecule has 1 fully saturated rings. The minimum absolute atomic E-state index is 0.0538. The van der Waals surface area contributed by atoms with Gasteiger partial charge in [0.25, 0.3) is 20.0 Å². The van der Waals surface area contributed by atoms with Crippen molar-refractivity contribution in [2.24, 2.45) is 5.92 Å². The standard InChI is InChI=1S/C50H70F3N10O10PS2/c1-12-35-26-38(73-74(72-24-23-54-10)63(31(4)5)32(6)7)29-61(35)40(65)21-22-49(8,9)76-75-25-13-14-37(64)19-20-39(46(69)71-11)57-44(67)33-15-17-36(18-16-33)62(47(70)50(51,52)53)28-34-27-55-42-41(56-34)45(68)60-48(58-42)59-43(66)30(2)3/h15-18,27,30-32,35,38-39H,12-14,19-26,28-29H2,1-9,11H3,(H,57,67)(H2,55,58,59,60,66,68)/t35-,38-,39+,74?/m1/s1. The molecule has 418 valence electrons. The number of hydrogen-bond acceptors (Lipinski definition) is 16. The lowest BCUT2D eigenvalue weighted by atomic mass is 10.1. The average molecular weight is 1120 g/mol. The lowest BCUT2D eigenvalue weighted by Gasteiger charge is -2.36. The molecule has 26 heteroatoms. The third-order valence-electron chi connectivity index (χ3n) is 12.0. The Hall–Kier alpha value is -5.25. The summed E-state index contributed by atoms with van der Waals surface area (Å²) < 4.78 is 61.1. The molecule has 4 atom stereocenters. The number of Topliss-reactive ketones (excluding diaryl/α,β-unsaturated/α-hetero) is 1. The SMILES string of the molecule is [C-]#[N+]CCOP(O[C@@H]1C[C@@H](CC)N(C(=O)CCC(C)(C)SSCCCC(=O)CC[C@H](NC(=O)c2ccc(N(Cc3cnc4nc(NC(=O)C(C)C)[nH]c(=O)c4n3)C(=O)C(F)(F)F)cc2)C(=O)OC)C1)N(C(C)C)C(C)C. The van der Waals surface area contributed by atoms with Crippen LogP contribution in [0.15, 0.2) is 35.3 Å². The van der Waals surface area contributed by atoms with Crippen molar-refractivity contribution in [3.63, 3.8) is 0 Å². The normalized spacial score (nSPS) is 15.8. The molecule has 0 saturated carbocycles. The predicted molar refractivity (Wildman–Crippen MR) is 287 cm³/mol. The minimum Gasteiger partial charge on any atom is -0.467 e. The first kappa shape index (κ1) is 63.3. The van der Waals surface area contributed by atoms with Gasteiger partial charge in [-0.05, 0) is 97.9 Å². The first-order chi connectivity index (χ1) is 35.8. The topological polar surface area (TPSA) is 240 Å². The Kier molecular flexibility index (Phi) is 24.5. The number of ketones is 1. The van der Waals surface area contributed by atoms with Crippen LogP contribution >= 0.6 is 30.1 Å². The van der Waals surface area contributed by atoms with Gasteiger partial charge in [0.15, 0.2) is 11.2 Å². The van der Waals surface area contributed by atoms with Crippen molar-refractivity contribution in [1.82, 2.24) is 34.8 Å². The van der Waals surface area contributed by atoms with E-state index in [4.69, 9.17) is 20.4 Å². The van der Waals surface area contributed by atoms with Crippen LogP contribution in [0.4, 0.5) is 24.8 Å². The number of likely N-dealkylation sites (tertiary alicyclic amines) is 1. The largest absolute Gasteiger partial charge is 0.471 e. The zero-order valence-electron chi connectivity index (χ0n) is 44.7. The van der Waals surface area contributed by atoms with Crippen molar-refractivity contribution >= 4 is 88.3 Å². The van der Waals surface area contributed by atoms with Gasteiger partial charge < -0.3 is 28.8 Å². The van der Waals surface area contributed by atoms with Gasteiger partial charge in [0.2, 0.25) is 24.3 Å². The van der Waals surface area contributed by atoms with Gasteiger partial charge in [-0.1, -0.05) is 42.4 Å². The van der Waals surface area contributed by atoms with Crippen molar-refractivity contribution in [3.05, 3.63) is 63.5 Å². The highest BCUT2D eigenvalue weighted by Crippen LogP contribution is 2.49. The number of benzene rings is 1. The van der Waals surface area contributed by atoms with E-state index in [1.807, 2.05) is 4.90 Å². The smallest absolute Gasteiger partial charge is 0.467 e. The van der Waals surface area contributed by atoms with E-state index in [0.29, 0.717) is 42.9 Å². The molecule has 3 aromatic rings. The number of nitrogens with zero attached hydrogens (tertiary/aromatic N) is 7. The number of ether oxygens (including phenoxy) is 1. The molecule has 0 bridgehead atoms. The van der Waals surface area contributed by atoms with E-state index in [1.54, 1.807) is 35.4 Å². The number of anilines is 2. The summed E-state index contributed by atoms with van der Waals surface area (Å²) in [6, 6.07) is 3.62. The number of amides is 4. The number of alkyl halides is 3. The highest BCUT2D eigenvalue weighted by Gasteiger charge is 2.44. The number of methoxy groups -OCH3 is 1. The van der Waals surface area contributed by atoms with Gasteiger partial charge in [0, 0.05) is 71.6 Å². The summed E-state index contributed by atoms with van der Waals surface area (Å²) in [4.78, 5) is 110. The molecule has 3 N–H and O–H groups in total. The molecule has 0 aliphatic carbocycles. The zero-order valence-corrected chi connectivity index (χ0v) is 47.2. The van der Waals surface area contributed by atoms with Crippen molar-refractivity contribution in [2.75, 3.05) is 42.8 Å². The summed E-state index contributed by atoms with van der Waals surface area (Å²) >= 11 is 0. The van der Waals surface area contributed by atoms with Crippen molar-refractivity contribution < 1.29 is 55.7 Å². The number of aromatic nitrogens is 4. The molecular formula is C50H70F3N10O10PS2. The molecule has 76 heavy (non-hydrogen) atoms. The number of rotatable bonds is 29. The lowest BCUT2D eigenvalue weighted by Crippen LogP contribution is -2.42. The van der Waals surface area contributed by atoms with E-state index in [0.717, 1.165) is 44.0 Å². The molecule has 1 aliphatic rings. The summed E-state index contributed by atoms with van der Waals surface area (Å²) in [7, 11) is 2.95. The minimum atomic E-state index is -5.34. The Labute approximate surface area is 450 Å². The fraction of sp³-hybridized carbons (Fsp3) is 0.620. The maximum Gasteiger partial charge on any atom is 0.471 e.